The van der Waals surface area contributed by atoms with E-state index < -0.39 is 0 Å². The van der Waals surface area contributed by atoms with Gasteiger partial charge in [0.05, 0.1) is 12.3 Å². The van der Waals surface area contributed by atoms with Crippen molar-refractivity contribution in [2.45, 2.75) is 6.42 Å². The molecule has 0 amide bonds. The summed E-state index contributed by atoms with van der Waals surface area (Å²) in [4.78, 5) is 15.1. The first-order chi connectivity index (χ1) is 12.7. The largest absolute Gasteiger partial charge is 0.494 e. The predicted octanol–water partition coefficient (Wildman–Crippen LogP) is 3.61. The molecule has 3 aromatic rings. The number of nitrogens with zero attached hydrogens (tertiary/aromatic N) is 4. The molecule has 0 aliphatic rings. The van der Waals surface area contributed by atoms with Gasteiger partial charge >= 0.3 is 0 Å². The molecule has 0 fully saturated rings. The van der Waals surface area contributed by atoms with E-state index in [0.29, 0.717) is 12.6 Å². The Morgan fingerprint density at radius 1 is 1.04 bits per heavy atom. The summed E-state index contributed by atoms with van der Waals surface area (Å²) in [6.07, 6.45) is 6.27. The second kappa shape index (κ2) is 8.92. The third-order valence-electron chi connectivity index (χ3n) is 3.74. The highest BCUT2D eigenvalue weighted by atomic mass is 16.5. The number of nitrogens with one attached hydrogen (secondary N) is 1. The van der Waals surface area contributed by atoms with Gasteiger partial charge in [0.1, 0.15) is 5.75 Å². The third-order valence-corrected chi connectivity index (χ3v) is 3.74. The van der Waals surface area contributed by atoms with E-state index in [2.05, 4.69) is 39.3 Å². The maximum Gasteiger partial charge on any atom is 0.227 e. The van der Waals surface area contributed by atoms with Crippen molar-refractivity contribution in [2.24, 2.45) is 0 Å². The van der Waals surface area contributed by atoms with Gasteiger partial charge in [-0.1, -0.05) is 0 Å². The van der Waals surface area contributed by atoms with Crippen molar-refractivity contribution in [1.82, 2.24) is 19.9 Å². The lowest BCUT2D eigenvalue weighted by Crippen LogP contribution is -2.15. The summed E-state index contributed by atoms with van der Waals surface area (Å²) >= 11 is 0. The smallest absolute Gasteiger partial charge is 0.227 e. The van der Waals surface area contributed by atoms with Crippen molar-refractivity contribution >= 4 is 11.6 Å². The first kappa shape index (κ1) is 17.8. The van der Waals surface area contributed by atoms with Crippen LogP contribution in [-0.4, -0.2) is 47.1 Å². The van der Waals surface area contributed by atoms with Crippen molar-refractivity contribution in [1.29, 1.82) is 0 Å². The monoisotopic (exact) mass is 349 g/mol. The summed E-state index contributed by atoms with van der Waals surface area (Å²) in [7, 11) is 4.12. The van der Waals surface area contributed by atoms with Crippen LogP contribution in [0.3, 0.4) is 0 Å². The van der Waals surface area contributed by atoms with Crippen LogP contribution in [0.4, 0.5) is 11.6 Å². The molecule has 3 rings (SSSR count). The van der Waals surface area contributed by atoms with E-state index in [-0.39, 0.29) is 0 Å². The molecule has 2 heterocycles. The fraction of sp³-hybridized carbons (Fsp3) is 0.250. The van der Waals surface area contributed by atoms with Crippen LogP contribution in [0.1, 0.15) is 6.42 Å². The van der Waals surface area contributed by atoms with Gasteiger partial charge in [0.25, 0.3) is 0 Å². The van der Waals surface area contributed by atoms with Crippen LogP contribution < -0.4 is 10.1 Å². The Bertz CT molecular complexity index is 806. The van der Waals surface area contributed by atoms with E-state index in [1.54, 1.807) is 18.6 Å². The van der Waals surface area contributed by atoms with Crippen LogP contribution in [0, 0.1) is 0 Å². The second-order valence-electron chi connectivity index (χ2n) is 6.16. The molecule has 0 bridgehead atoms. The number of hydrogen-bond donors (Lipinski definition) is 1. The number of anilines is 2. The minimum Gasteiger partial charge on any atom is -0.494 e. The highest BCUT2D eigenvalue weighted by Gasteiger charge is 2.03. The lowest BCUT2D eigenvalue weighted by molar-refractivity contribution is 0.281. The van der Waals surface area contributed by atoms with E-state index in [4.69, 9.17) is 4.74 Å². The Labute approximate surface area is 153 Å². The first-order valence-corrected chi connectivity index (χ1v) is 8.59. The molecule has 0 saturated carbocycles. The van der Waals surface area contributed by atoms with Gasteiger partial charge in [-0.3, -0.25) is 4.98 Å². The summed E-state index contributed by atoms with van der Waals surface area (Å²) in [5, 5.41) is 3.22. The summed E-state index contributed by atoms with van der Waals surface area (Å²) < 4.78 is 5.75. The van der Waals surface area contributed by atoms with Gasteiger partial charge in [0.15, 0.2) is 0 Å². The molecule has 1 N–H and O–H groups in total. The number of pyridine rings is 1. The van der Waals surface area contributed by atoms with E-state index >= 15 is 0 Å². The lowest BCUT2D eigenvalue weighted by atomic mass is 10.2. The van der Waals surface area contributed by atoms with Gasteiger partial charge < -0.3 is 15.0 Å². The molecule has 0 unspecified atom stereocenters. The van der Waals surface area contributed by atoms with Gasteiger partial charge in [0, 0.05) is 36.4 Å². The van der Waals surface area contributed by atoms with Crippen LogP contribution in [-0.2, 0) is 0 Å². The summed E-state index contributed by atoms with van der Waals surface area (Å²) in [5.74, 6) is 1.41. The number of benzene rings is 1. The Kier molecular flexibility index (Phi) is 6.11. The predicted molar refractivity (Wildman–Crippen MR) is 104 cm³/mol. The van der Waals surface area contributed by atoms with Crippen molar-refractivity contribution < 1.29 is 4.74 Å². The minimum atomic E-state index is 0.547. The van der Waals surface area contributed by atoms with Crippen molar-refractivity contribution in [2.75, 3.05) is 32.6 Å². The van der Waals surface area contributed by atoms with E-state index in [1.807, 2.05) is 42.5 Å². The van der Waals surface area contributed by atoms with Gasteiger partial charge in [-0.25, -0.2) is 9.97 Å². The fourth-order valence-electron chi connectivity index (χ4n) is 2.43. The van der Waals surface area contributed by atoms with E-state index in [1.165, 1.54) is 0 Å². The fourth-order valence-corrected chi connectivity index (χ4v) is 2.43. The van der Waals surface area contributed by atoms with Crippen LogP contribution in [0.5, 0.6) is 5.75 Å². The van der Waals surface area contributed by atoms with Crippen molar-refractivity contribution in [3.8, 4) is 17.0 Å². The topological polar surface area (TPSA) is 63.2 Å². The molecule has 2 aromatic heterocycles. The molecule has 1 aromatic carbocycles. The highest BCUT2D eigenvalue weighted by molar-refractivity contribution is 5.61. The number of ether oxygens (including phenoxy) is 1. The Hall–Kier alpha value is -2.99. The molecular formula is C20H23N5O. The molecule has 0 atom stereocenters. The summed E-state index contributed by atoms with van der Waals surface area (Å²) in [5.41, 5.74) is 2.70. The molecular weight excluding hydrogens is 326 g/mol. The Morgan fingerprint density at radius 3 is 2.62 bits per heavy atom. The zero-order valence-corrected chi connectivity index (χ0v) is 15.1. The maximum atomic E-state index is 5.75. The lowest BCUT2D eigenvalue weighted by Gasteiger charge is -2.11. The van der Waals surface area contributed by atoms with E-state index in [0.717, 1.165) is 35.7 Å². The standard InChI is InChI=1S/C20H23N5O/c1-25(2)13-4-14-26-18-8-6-17(7-9-18)23-20-22-12-10-19(24-20)16-5-3-11-21-15-16/h3,5-12,15H,4,13-14H2,1-2H3,(H,22,23,24). The summed E-state index contributed by atoms with van der Waals surface area (Å²) in [6, 6.07) is 13.5. The highest BCUT2D eigenvalue weighted by Crippen LogP contribution is 2.20. The average molecular weight is 349 g/mol. The SMILES string of the molecule is CN(C)CCCOc1ccc(Nc2nccc(-c3cccnc3)n2)cc1. The zero-order valence-electron chi connectivity index (χ0n) is 15.1. The third kappa shape index (κ3) is 5.26. The van der Waals surface area contributed by atoms with Gasteiger partial charge in [-0.15, -0.1) is 0 Å². The normalized spacial score (nSPS) is 10.7. The molecule has 0 saturated heterocycles. The zero-order chi connectivity index (χ0) is 18.2. The molecule has 134 valence electrons. The number of rotatable bonds is 8. The molecule has 0 aliphatic carbocycles. The minimum absolute atomic E-state index is 0.547. The molecule has 0 aliphatic heterocycles. The van der Waals surface area contributed by atoms with Crippen LogP contribution >= 0.6 is 0 Å². The molecule has 6 nitrogen and oxygen atoms in total. The van der Waals surface area contributed by atoms with Crippen molar-refractivity contribution in [3.05, 3.63) is 61.1 Å². The van der Waals surface area contributed by atoms with Gasteiger partial charge in [-0.05, 0) is 63.0 Å². The van der Waals surface area contributed by atoms with Gasteiger partial charge in [0.2, 0.25) is 5.95 Å². The first-order valence-electron chi connectivity index (χ1n) is 8.59. The number of hydrogen-bond acceptors (Lipinski definition) is 6. The van der Waals surface area contributed by atoms with E-state index in [9.17, 15) is 0 Å². The quantitative estimate of drug-likeness (QED) is 0.627. The maximum absolute atomic E-state index is 5.75. The average Bonchev–Trinajstić information content (AvgIpc) is 2.67. The molecule has 6 heteroatoms. The molecule has 0 radical (unpaired) electrons. The molecule has 0 spiro atoms. The van der Waals surface area contributed by atoms with Crippen molar-refractivity contribution in [3.63, 3.8) is 0 Å². The Balaban J connectivity index is 1.59. The number of aromatic nitrogens is 3. The molecule has 26 heavy (non-hydrogen) atoms. The van der Waals surface area contributed by atoms with Crippen LogP contribution in [0.2, 0.25) is 0 Å². The second-order valence-corrected chi connectivity index (χ2v) is 6.16. The van der Waals surface area contributed by atoms with Crippen LogP contribution in [0.25, 0.3) is 11.3 Å². The van der Waals surface area contributed by atoms with Crippen LogP contribution in [0.15, 0.2) is 61.1 Å². The Morgan fingerprint density at radius 2 is 1.88 bits per heavy atom. The van der Waals surface area contributed by atoms with Gasteiger partial charge in [-0.2, -0.15) is 0 Å². The summed E-state index contributed by atoms with van der Waals surface area (Å²) in [6.45, 7) is 1.73.